The molecule has 0 saturated heterocycles. The van der Waals surface area contributed by atoms with Crippen molar-refractivity contribution in [2.24, 2.45) is 0 Å². The molecule has 4 heteroatoms. The standard InChI is InChI=1S/C7H5I3O/c8-7(9,10)5-2-1-3-6(11)4-5/h1-4,11H. The smallest absolute Gasteiger partial charge is 0.149 e. The highest BCUT2D eigenvalue weighted by Gasteiger charge is 2.19. The fourth-order valence-corrected chi connectivity index (χ4v) is 1.69. The number of phenols is 1. The van der Waals surface area contributed by atoms with Crippen LogP contribution in [0.15, 0.2) is 24.3 Å². The molecule has 0 heterocycles. The number of hydrogen-bond donors (Lipinski definition) is 1. The average Bonchev–Trinajstić information content (AvgIpc) is 1.86. The van der Waals surface area contributed by atoms with Gasteiger partial charge in [-0.1, -0.05) is 12.1 Å². The number of phenolic OH excluding ortho intramolecular Hbond substituents is 1. The Balaban J connectivity index is 3.06. The summed E-state index contributed by atoms with van der Waals surface area (Å²) in [5.41, 5.74) is 1.12. The average molecular weight is 486 g/mol. The third-order valence-corrected chi connectivity index (χ3v) is 3.04. The molecule has 1 aromatic rings. The second-order valence-corrected chi connectivity index (χ2v) is 13.1. The molecule has 0 unspecified atom stereocenters. The monoisotopic (exact) mass is 486 g/mol. The predicted octanol–water partition coefficient (Wildman–Crippen LogP) is 3.81. The minimum absolute atomic E-state index is 0.0337. The minimum Gasteiger partial charge on any atom is -0.508 e. The molecule has 0 aliphatic heterocycles. The molecule has 1 nitrogen and oxygen atoms in total. The molecule has 0 atom stereocenters. The van der Waals surface area contributed by atoms with E-state index in [4.69, 9.17) is 5.11 Å². The number of aromatic hydroxyl groups is 1. The van der Waals surface area contributed by atoms with Crippen molar-refractivity contribution in [1.29, 1.82) is 0 Å². The summed E-state index contributed by atoms with van der Waals surface area (Å²) in [5, 5.41) is 9.17. The van der Waals surface area contributed by atoms with Gasteiger partial charge in [-0.15, -0.1) is 0 Å². The molecular formula is C7H5I3O. The lowest BCUT2D eigenvalue weighted by Crippen LogP contribution is -1.95. The van der Waals surface area contributed by atoms with Gasteiger partial charge in [0.05, 0.1) is 0 Å². The van der Waals surface area contributed by atoms with Crippen LogP contribution in [0.1, 0.15) is 5.56 Å². The third-order valence-electron chi connectivity index (χ3n) is 1.17. The van der Waals surface area contributed by atoms with E-state index >= 15 is 0 Å². The van der Waals surface area contributed by atoms with E-state index in [2.05, 4.69) is 67.8 Å². The molecule has 1 N–H and O–H groups in total. The van der Waals surface area contributed by atoms with Crippen LogP contribution in [0.3, 0.4) is 0 Å². The molecule has 60 valence electrons. The van der Waals surface area contributed by atoms with Crippen molar-refractivity contribution in [2.45, 2.75) is -0.565 Å². The Kier molecular flexibility index (Phi) is 3.69. The first kappa shape index (κ1) is 10.3. The van der Waals surface area contributed by atoms with Crippen LogP contribution >= 0.6 is 67.8 Å². The van der Waals surface area contributed by atoms with Crippen molar-refractivity contribution < 1.29 is 5.11 Å². The molecule has 0 aliphatic carbocycles. The summed E-state index contributed by atoms with van der Waals surface area (Å²) < 4.78 is 0.0337. The fraction of sp³-hybridized carbons (Fsp3) is 0.143. The van der Waals surface area contributed by atoms with Crippen LogP contribution in [0.2, 0.25) is 0 Å². The Morgan fingerprint density at radius 3 is 2.18 bits per heavy atom. The summed E-state index contributed by atoms with van der Waals surface area (Å²) in [4.78, 5) is 0. The van der Waals surface area contributed by atoms with Gasteiger partial charge < -0.3 is 5.11 Å². The van der Waals surface area contributed by atoms with Gasteiger partial charge in [0.15, 0.2) is 0 Å². The van der Waals surface area contributed by atoms with Gasteiger partial charge in [0, 0.05) is 0 Å². The Labute approximate surface area is 106 Å². The highest BCUT2D eigenvalue weighted by molar-refractivity contribution is 14.3. The number of hydrogen-bond acceptors (Lipinski definition) is 1. The number of alkyl halides is 3. The predicted molar refractivity (Wildman–Crippen MR) is 71.8 cm³/mol. The first-order valence-electron chi connectivity index (χ1n) is 2.86. The summed E-state index contributed by atoms with van der Waals surface area (Å²) in [6, 6.07) is 7.32. The van der Waals surface area contributed by atoms with Gasteiger partial charge in [0.1, 0.15) is 5.18 Å². The molecule has 0 bridgehead atoms. The number of benzene rings is 1. The van der Waals surface area contributed by atoms with Crippen LogP contribution < -0.4 is 0 Å². The molecule has 1 rings (SSSR count). The Morgan fingerprint density at radius 2 is 1.82 bits per heavy atom. The number of rotatable bonds is 1. The molecule has 0 saturated carbocycles. The van der Waals surface area contributed by atoms with E-state index in [-0.39, 0.29) is -0.565 Å². The molecule has 0 aliphatic rings. The molecule has 1 aromatic carbocycles. The summed E-state index contributed by atoms with van der Waals surface area (Å²) in [7, 11) is 0. The van der Waals surface area contributed by atoms with Gasteiger partial charge in [0.25, 0.3) is 0 Å². The second kappa shape index (κ2) is 3.95. The zero-order valence-corrected chi connectivity index (χ0v) is 11.9. The minimum atomic E-state index is 0.0337. The van der Waals surface area contributed by atoms with E-state index in [0.717, 1.165) is 5.56 Å². The second-order valence-electron chi connectivity index (χ2n) is 2.05. The molecule has 0 radical (unpaired) electrons. The summed E-state index contributed by atoms with van der Waals surface area (Å²) in [5.74, 6) is 0.330. The van der Waals surface area contributed by atoms with E-state index in [0.29, 0.717) is 5.75 Å². The van der Waals surface area contributed by atoms with Gasteiger partial charge in [0.2, 0.25) is 0 Å². The largest absolute Gasteiger partial charge is 0.508 e. The highest BCUT2D eigenvalue weighted by Crippen LogP contribution is 2.46. The maximum Gasteiger partial charge on any atom is 0.149 e. The van der Waals surface area contributed by atoms with Crippen LogP contribution in [0, 0.1) is 0 Å². The zero-order valence-electron chi connectivity index (χ0n) is 5.39. The highest BCUT2D eigenvalue weighted by atomic mass is 127. The van der Waals surface area contributed by atoms with Crippen LogP contribution in [0.25, 0.3) is 0 Å². The SMILES string of the molecule is Oc1cccc(C(I)(I)I)c1. The molecule has 0 spiro atoms. The van der Waals surface area contributed by atoms with Gasteiger partial charge >= 0.3 is 0 Å². The van der Waals surface area contributed by atoms with Crippen molar-refractivity contribution in [3.05, 3.63) is 29.8 Å². The number of halogens is 3. The molecule has 11 heavy (non-hydrogen) atoms. The normalized spacial score (nSPS) is 11.5. The quantitative estimate of drug-likeness (QED) is 0.474. The van der Waals surface area contributed by atoms with Crippen LogP contribution in [-0.2, 0) is -0.565 Å². The third kappa shape index (κ3) is 3.21. The Bertz CT molecular complexity index is 254. The summed E-state index contributed by atoms with van der Waals surface area (Å²) >= 11 is 6.96. The van der Waals surface area contributed by atoms with Gasteiger partial charge in [-0.05, 0) is 85.5 Å². The first-order valence-corrected chi connectivity index (χ1v) is 6.10. The fourth-order valence-electron chi connectivity index (χ4n) is 0.682. The van der Waals surface area contributed by atoms with E-state index < -0.39 is 0 Å². The van der Waals surface area contributed by atoms with E-state index in [1.165, 1.54) is 0 Å². The van der Waals surface area contributed by atoms with E-state index in [1.807, 2.05) is 12.1 Å². The summed E-state index contributed by atoms with van der Waals surface area (Å²) in [6.07, 6.45) is 0. The molecular weight excluding hydrogens is 481 g/mol. The van der Waals surface area contributed by atoms with Crippen molar-refractivity contribution in [3.8, 4) is 5.75 Å². The molecule has 0 aromatic heterocycles. The van der Waals surface area contributed by atoms with Crippen molar-refractivity contribution in [1.82, 2.24) is 0 Å². The maximum absolute atomic E-state index is 9.17. The Hall–Kier alpha value is 1.21. The lowest BCUT2D eigenvalue weighted by molar-refractivity contribution is 0.475. The van der Waals surface area contributed by atoms with Crippen LogP contribution in [0.5, 0.6) is 5.75 Å². The summed E-state index contributed by atoms with van der Waals surface area (Å²) in [6.45, 7) is 0. The van der Waals surface area contributed by atoms with Crippen molar-refractivity contribution in [3.63, 3.8) is 0 Å². The van der Waals surface area contributed by atoms with Crippen molar-refractivity contribution >= 4 is 67.8 Å². The maximum atomic E-state index is 9.17. The topological polar surface area (TPSA) is 20.2 Å². The molecule has 0 amide bonds. The van der Waals surface area contributed by atoms with Gasteiger partial charge in [-0.3, -0.25) is 0 Å². The van der Waals surface area contributed by atoms with Gasteiger partial charge in [-0.25, -0.2) is 0 Å². The van der Waals surface area contributed by atoms with Gasteiger partial charge in [-0.2, -0.15) is 0 Å². The first-order chi connectivity index (χ1) is 5.00. The van der Waals surface area contributed by atoms with Crippen LogP contribution in [0.4, 0.5) is 0 Å². The lowest BCUT2D eigenvalue weighted by Gasteiger charge is -2.12. The Morgan fingerprint density at radius 1 is 1.18 bits per heavy atom. The zero-order chi connectivity index (χ0) is 8.48. The lowest BCUT2D eigenvalue weighted by atomic mass is 10.2. The molecule has 0 fully saturated rings. The van der Waals surface area contributed by atoms with Crippen molar-refractivity contribution in [2.75, 3.05) is 0 Å². The van der Waals surface area contributed by atoms with E-state index in [1.54, 1.807) is 12.1 Å². The van der Waals surface area contributed by atoms with Crippen LogP contribution in [-0.4, -0.2) is 5.11 Å². The van der Waals surface area contributed by atoms with E-state index in [9.17, 15) is 0 Å².